The Hall–Kier alpha value is -3.62. The Labute approximate surface area is 207 Å². The molecule has 0 fully saturated rings. The zero-order valence-electron chi connectivity index (χ0n) is 19.2. The number of hydrazine groups is 1. The highest BCUT2D eigenvalue weighted by molar-refractivity contribution is 7.68. The zero-order chi connectivity index (χ0) is 26.3. The topological polar surface area (TPSA) is 141 Å². The standard InChI is InChI=1S/C22H24F3N6O4S/c1-13(2)19(12-32)27-21-26-18(14-4-3-5-17(10-14)35-22(23,24)25)11-20(28-21)30-29-15-6-8-16(9-7-15)31-36(33)34/h3-11,13,19,29,32H,12H2,1-2H3,(H,31,33,34)(H2,26,27,28,30)/q-1/t19-/m1/s1. The van der Waals surface area contributed by atoms with E-state index in [1.165, 1.54) is 36.4 Å². The summed E-state index contributed by atoms with van der Waals surface area (Å²) in [6, 6.07) is 12.8. The van der Waals surface area contributed by atoms with E-state index in [2.05, 4.69) is 35.2 Å². The largest absolute Gasteiger partial charge is 0.573 e. The fraction of sp³-hybridized carbons (Fsp3) is 0.273. The van der Waals surface area contributed by atoms with Crippen LogP contribution in [0.25, 0.3) is 11.3 Å². The number of aliphatic hydroxyl groups excluding tert-OH is 1. The average molecular weight is 526 g/mol. The summed E-state index contributed by atoms with van der Waals surface area (Å²) in [5.41, 5.74) is 7.32. The minimum absolute atomic E-state index is 0.0393. The first-order chi connectivity index (χ1) is 17.0. The van der Waals surface area contributed by atoms with Gasteiger partial charge in [0.25, 0.3) is 0 Å². The van der Waals surface area contributed by atoms with E-state index in [4.69, 9.17) is 4.55 Å². The molecule has 1 heterocycles. The van der Waals surface area contributed by atoms with E-state index < -0.39 is 23.0 Å². The van der Waals surface area contributed by atoms with Crippen LogP contribution in [-0.4, -0.2) is 38.6 Å². The van der Waals surface area contributed by atoms with Crippen LogP contribution in [0.4, 0.5) is 36.3 Å². The number of aromatic nitrogens is 2. The van der Waals surface area contributed by atoms with Crippen molar-refractivity contribution >= 4 is 34.0 Å². The van der Waals surface area contributed by atoms with E-state index in [-0.39, 0.29) is 30.3 Å². The van der Waals surface area contributed by atoms with E-state index >= 15 is 0 Å². The fourth-order valence-electron chi connectivity index (χ4n) is 3.00. The molecule has 10 nitrogen and oxygen atoms in total. The molecule has 0 aliphatic rings. The van der Waals surface area contributed by atoms with Crippen LogP contribution in [0, 0.1) is 5.92 Å². The molecular formula is C22H24F3N6O4S-. The van der Waals surface area contributed by atoms with E-state index in [1.54, 1.807) is 18.2 Å². The van der Waals surface area contributed by atoms with Crippen LogP contribution in [0.1, 0.15) is 13.8 Å². The van der Waals surface area contributed by atoms with Crippen LogP contribution < -0.4 is 20.9 Å². The summed E-state index contributed by atoms with van der Waals surface area (Å²) in [5, 5.41) is 12.7. The lowest BCUT2D eigenvalue weighted by Crippen LogP contribution is -2.30. The number of rotatable bonds is 10. The van der Waals surface area contributed by atoms with Crippen LogP contribution in [0.2, 0.25) is 0 Å². The number of aliphatic hydroxyl groups is 1. The predicted octanol–water partition coefficient (Wildman–Crippen LogP) is 5.16. The molecule has 5 N–H and O–H groups in total. The van der Waals surface area contributed by atoms with Crippen molar-refractivity contribution in [2.75, 3.05) is 22.8 Å². The monoisotopic (exact) mass is 525 g/mol. The first-order valence-electron chi connectivity index (χ1n) is 10.6. The molecule has 1 aromatic heterocycles. The number of hydrogen-bond donors (Lipinski definition) is 5. The smallest absolute Gasteiger partial charge is 0.454 e. The number of hydrogen-bond acceptors (Lipinski definition) is 10. The number of anilines is 3. The van der Waals surface area contributed by atoms with Crippen LogP contribution in [0.3, 0.4) is 0 Å². The Morgan fingerprint density at radius 1 is 1.08 bits per heavy atom. The molecule has 36 heavy (non-hydrogen) atoms. The van der Waals surface area contributed by atoms with Gasteiger partial charge in [0.1, 0.15) is 5.75 Å². The molecule has 0 radical (unpaired) electrons. The number of halogens is 3. The second-order valence-electron chi connectivity index (χ2n) is 7.83. The highest BCUT2D eigenvalue weighted by atomic mass is 32.2. The summed E-state index contributed by atoms with van der Waals surface area (Å²) in [5.74, 6) is 0.0598. The van der Waals surface area contributed by atoms with E-state index in [9.17, 15) is 22.5 Å². The third kappa shape index (κ3) is 8.25. The van der Waals surface area contributed by atoms with Gasteiger partial charge in [0, 0.05) is 17.3 Å². The minimum atomic E-state index is -4.84. The third-order valence-electron chi connectivity index (χ3n) is 4.79. The van der Waals surface area contributed by atoms with Gasteiger partial charge in [-0.15, -0.1) is 13.2 Å². The summed E-state index contributed by atoms with van der Waals surface area (Å²) >= 11 is 0. The Morgan fingerprint density at radius 2 is 1.81 bits per heavy atom. The number of nitrogens with one attached hydrogen (secondary N) is 3. The van der Waals surface area contributed by atoms with Crippen molar-refractivity contribution in [1.82, 2.24) is 9.97 Å². The SMILES string of the molecule is CC(C)[C@@H](CO)Nc1nc(NNc2ccc(N=[S-](=O)O)cc2)cc(-c2cccc(OC(F)(F)F)c2)n1. The van der Waals surface area contributed by atoms with Crippen molar-refractivity contribution < 1.29 is 31.8 Å². The normalized spacial score (nSPS) is 13.3. The van der Waals surface area contributed by atoms with E-state index in [1.807, 2.05) is 13.8 Å². The maximum atomic E-state index is 12.7. The van der Waals surface area contributed by atoms with Gasteiger partial charge in [-0.2, -0.15) is 4.98 Å². The molecule has 0 spiro atoms. The molecule has 0 aliphatic heterocycles. The van der Waals surface area contributed by atoms with Crippen molar-refractivity contribution in [3.05, 3.63) is 54.6 Å². The fourth-order valence-corrected chi connectivity index (χ4v) is 3.30. The van der Waals surface area contributed by atoms with Gasteiger partial charge in [0.15, 0.2) is 5.82 Å². The number of ether oxygens (including phenoxy) is 1. The Morgan fingerprint density at radius 3 is 2.42 bits per heavy atom. The molecule has 3 aromatic rings. The molecule has 0 amide bonds. The first-order valence-corrected chi connectivity index (χ1v) is 11.7. The highest BCUT2D eigenvalue weighted by Gasteiger charge is 2.31. The van der Waals surface area contributed by atoms with Gasteiger partial charge in [-0.3, -0.25) is 10.9 Å². The number of benzene rings is 2. The third-order valence-corrected chi connectivity index (χ3v) is 5.16. The highest BCUT2D eigenvalue weighted by Crippen LogP contribution is 2.29. The summed E-state index contributed by atoms with van der Waals surface area (Å²) in [6.07, 6.45) is -4.84. The van der Waals surface area contributed by atoms with Crippen LogP contribution in [0.15, 0.2) is 59.0 Å². The molecule has 0 saturated heterocycles. The molecule has 14 heteroatoms. The molecule has 3 rings (SSSR count). The lowest BCUT2D eigenvalue weighted by molar-refractivity contribution is -0.274. The van der Waals surface area contributed by atoms with Gasteiger partial charge in [0.05, 0.1) is 24.0 Å². The van der Waals surface area contributed by atoms with Gasteiger partial charge in [-0.1, -0.05) is 36.9 Å². The van der Waals surface area contributed by atoms with Crippen molar-refractivity contribution in [2.24, 2.45) is 10.3 Å². The molecule has 0 aliphatic carbocycles. The molecule has 2 aromatic carbocycles. The minimum Gasteiger partial charge on any atom is -0.454 e. The maximum absolute atomic E-state index is 12.7. The summed E-state index contributed by atoms with van der Waals surface area (Å²) in [7, 11) is -2.32. The molecule has 0 bridgehead atoms. The van der Waals surface area contributed by atoms with Gasteiger partial charge < -0.3 is 28.3 Å². The van der Waals surface area contributed by atoms with E-state index in [0.717, 1.165) is 0 Å². The van der Waals surface area contributed by atoms with Crippen LogP contribution in [-0.2, 0) is 15.1 Å². The van der Waals surface area contributed by atoms with Gasteiger partial charge in [-0.25, -0.2) is 4.98 Å². The molecule has 0 unspecified atom stereocenters. The van der Waals surface area contributed by atoms with Crippen molar-refractivity contribution in [1.29, 1.82) is 0 Å². The molecule has 1 atom stereocenters. The van der Waals surface area contributed by atoms with Crippen molar-refractivity contribution in [2.45, 2.75) is 26.3 Å². The molecule has 194 valence electrons. The summed E-state index contributed by atoms with van der Waals surface area (Å²) < 4.78 is 65.2. The van der Waals surface area contributed by atoms with Crippen molar-refractivity contribution in [3.63, 3.8) is 0 Å². The van der Waals surface area contributed by atoms with Crippen LogP contribution in [0.5, 0.6) is 5.75 Å². The maximum Gasteiger partial charge on any atom is 0.573 e. The van der Waals surface area contributed by atoms with Gasteiger partial charge in [0.2, 0.25) is 5.95 Å². The number of alkyl halides is 3. The summed E-state index contributed by atoms with van der Waals surface area (Å²) in [6.45, 7) is 3.62. The van der Waals surface area contributed by atoms with Gasteiger partial charge >= 0.3 is 6.36 Å². The molecular weight excluding hydrogens is 501 g/mol. The Kier molecular flexibility index (Phi) is 8.90. The lowest BCUT2D eigenvalue weighted by Gasteiger charge is -2.21. The summed E-state index contributed by atoms with van der Waals surface area (Å²) in [4.78, 5) is 8.78. The van der Waals surface area contributed by atoms with E-state index in [0.29, 0.717) is 22.6 Å². The van der Waals surface area contributed by atoms with Crippen molar-refractivity contribution in [3.8, 4) is 17.0 Å². The molecule has 0 saturated carbocycles. The second kappa shape index (κ2) is 11.9. The average Bonchev–Trinajstić information content (AvgIpc) is 2.80. The second-order valence-corrected chi connectivity index (χ2v) is 8.48. The Bertz CT molecular complexity index is 1250. The number of nitrogens with zero attached hydrogens (tertiary/aromatic N) is 3. The predicted molar refractivity (Wildman–Crippen MR) is 130 cm³/mol. The van der Waals surface area contributed by atoms with Gasteiger partial charge in [-0.05, 0) is 42.3 Å². The quantitative estimate of drug-likeness (QED) is 0.138. The lowest BCUT2D eigenvalue weighted by atomic mass is 10.1. The zero-order valence-corrected chi connectivity index (χ0v) is 20.0. The first kappa shape index (κ1) is 27.0. The Balaban J connectivity index is 1.90. The van der Waals surface area contributed by atoms with Crippen LogP contribution >= 0.6 is 0 Å².